The monoisotopic (exact) mass is 241 g/mol. The van der Waals surface area contributed by atoms with Crippen LogP contribution in [0.5, 0.6) is 0 Å². The molecule has 0 aliphatic carbocycles. The van der Waals surface area contributed by atoms with E-state index in [1.54, 1.807) is 0 Å². The van der Waals surface area contributed by atoms with E-state index >= 15 is 0 Å². The van der Waals surface area contributed by atoms with Gasteiger partial charge in [0.2, 0.25) is 0 Å². The van der Waals surface area contributed by atoms with Crippen LogP contribution < -0.4 is 5.32 Å². The van der Waals surface area contributed by atoms with Crippen LogP contribution in [-0.2, 0) is 0 Å². The quantitative estimate of drug-likeness (QED) is 0.892. The molecule has 0 aliphatic heterocycles. The van der Waals surface area contributed by atoms with E-state index in [0.717, 1.165) is 22.9 Å². The number of aromatic nitrogens is 2. The number of rotatable bonds is 3. The molecule has 0 bridgehead atoms. The maximum atomic E-state index is 4.48. The van der Waals surface area contributed by atoms with Crippen LogP contribution in [0.15, 0.2) is 30.3 Å². The summed E-state index contributed by atoms with van der Waals surface area (Å²) >= 11 is 0. The van der Waals surface area contributed by atoms with Crippen molar-refractivity contribution in [3.63, 3.8) is 0 Å². The molecule has 0 saturated heterocycles. The van der Waals surface area contributed by atoms with Gasteiger partial charge in [-0.1, -0.05) is 38.1 Å². The summed E-state index contributed by atoms with van der Waals surface area (Å²) in [7, 11) is 1.87. The van der Waals surface area contributed by atoms with Crippen LogP contribution in [0.3, 0.4) is 0 Å². The molecule has 2 aromatic rings. The Labute approximate surface area is 108 Å². The highest BCUT2D eigenvalue weighted by molar-refractivity contribution is 5.62. The van der Waals surface area contributed by atoms with Gasteiger partial charge < -0.3 is 5.32 Å². The van der Waals surface area contributed by atoms with Crippen molar-refractivity contribution in [2.45, 2.75) is 26.7 Å². The van der Waals surface area contributed by atoms with E-state index in [0.29, 0.717) is 5.92 Å². The predicted octanol–water partition coefficient (Wildman–Crippen LogP) is 3.62. The number of hydrogen-bond acceptors (Lipinski definition) is 3. The minimum atomic E-state index is 0.555. The van der Waals surface area contributed by atoms with Crippen molar-refractivity contribution in [2.24, 2.45) is 0 Å². The van der Waals surface area contributed by atoms with Crippen molar-refractivity contribution in [3.8, 4) is 11.3 Å². The average molecular weight is 241 g/mol. The number of anilines is 1. The van der Waals surface area contributed by atoms with Gasteiger partial charge in [0.25, 0.3) is 0 Å². The number of benzene rings is 1. The summed E-state index contributed by atoms with van der Waals surface area (Å²) < 4.78 is 0. The summed E-state index contributed by atoms with van der Waals surface area (Å²) in [6.45, 7) is 6.30. The van der Waals surface area contributed by atoms with Crippen LogP contribution in [0, 0.1) is 6.92 Å². The molecule has 1 N–H and O–H groups in total. The number of aryl methyl sites for hydroxylation is 1. The van der Waals surface area contributed by atoms with Crippen molar-refractivity contribution in [1.29, 1.82) is 0 Å². The second-order valence-corrected chi connectivity index (χ2v) is 4.71. The molecule has 0 spiro atoms. The largest absolute Gasteiger partial charge is 0.373 e. The van der Waals surface area contributed by atoms with Gasteiger partial charge in [-0.25, -0.2) is 9.97 Å². The Morgan fingerprint density at radius 1 is 1.06 bits per heavy atom. The van der Waals surface area contributed by atoms with E-state index in [-0.39, 0.29) is 0 Å². The lowest BCUT2D eigenvalue weighted by molar-refractivity contribution is 0.867. The molecule has 0 atom stereocenters. The third kappa shape index (κ3) is 2.67. The Hall–Kier alpha value is -1.90. The molecule has 2 rings (SSSR count). The lowest BCUT2D eigenvalue weighted by Crippen LogP contribution is -1.98. The first kappa shape index (κ1) is 12.6. The third-order valence-corrected chi connectivity index (χ3v) is 2.97. The zero-order valence-corrected chi connectivity index (χ0v) is 11.4. The van der Waals surface area contributed by atoms with Gasteiger partial charge in [-0.05, 0) is 18.4 Å². The van der Waals surface area contributed by atoms with Gasteiger partial charge in [0.1, 0.15) is 11.6 Å². The van der Waals surface area contributed by atoms with E-state index in [9.17, 15) is 0 Å². The van der Waals surface area contributed by atoms with Gasteiger partial charge in [0.05, 0.1) is 5.69 Å². The SMILES string of the molecule is CNc1cc(-c2ccc(C(C)C)cc2)nc(C)n1. The fourth-order valence-electron chi connectivity index (χ4n) is 1.88. The van der Waals surface area contributed by atoms with Gasteiger partial charge >= 0.3 is 0 Å². The molecular weight excluding hydrogens is 222 g/mol. The molecule has 94 valence electrons. The van der Waals surface area contributed by atoms with Gasteiger partial charge in [-0.3, -0.25) is 0 Å². The maximum Gasteiger partial charge on any atom is 0.130 e. The molecule has 0 radical (unpaired) electrons. The summed E-state index contributed by atoms with van der Waals surface area (Å²) in [5.41, 5.74) is 3.43. The third-order valence-electron chi connectivity index (χ3n) is 2.97. The van der Waals surface area contributed by atoms with Crippen LogP contribution in [-0.4, -0.2) is 17.0 Å². The number of hydrogen-bond donors (Lipinski definition) is 1. The summed E-state index contributed by atoms with van der Waals surface area (Å²) in [6, 6.07) is 10.5. The Kier molecular flexibility index (Phi) is 3.60. The van der Waals surface area contributed by atoms with Gasteiger partial charge in [-0.2, -0.15) is 0 Å². The average Bonchev–Trinajstić information content (AvgIpc) is 2.38. The lowest BCUT2D eigenvalue weighted by atomic mass is 10.0. The molecule has 0 saturated carbocycles. The second kappa shape index (κ2) is 5.17. The van der Waals surface area contributed by atoms with Crippen LogP contribution >= 0.6 is 0 Å². The Morgan fingerprint density at radius 3 is 2.28 bits per heavy atom. The lowest BCUT2D eigenvalue weighted by Gasteiger charge is -2.08. The van der Waals surface area contributed by atoms with Gasteiger partial charge in [-0.15, -0.1) is 0 Å². The second-order valence-electron chi connectivity index (χ2n) is 4.71. The fourth-order valence-corrected chi connectivity index (χ4v) is 1.88. The van der Waals surface area contributed by atoms with Crippen molar-refractivity contribution in [3.05, 3.63) is 41.7 Å². The molecule has 0 aliphatic rings. The number of nitrogens with one attached hydrogen (secondary N) is 1. The van der Waals surface area contributed by atoms with E-state index in [1.807, 2.05) is 20.0 Å². The van der Waals surface area contributed by atoms with Crippen molar-refractivity contribution in [2.75, 3.05) is 12.4 Å². The highest BCUT2D eigenvalue weighted by Crippen LogP contribution is 2.22. The topological polar surface area (TPSA) is 37.8 Å². The van der Waals surface area contributed by atoms with E-state index in [2.05, 4.69) is 53.4 Å². The number of nitrogens with zero attached hydrogens (tertiary/aromatic N) is 2. The summed E-state index contributed by atoms with van der Waals surface area (Å²) in [4.78, 5) is 8.78. The summed E-state index contributed by atoms with van der Waals surface area (Å²) in [5.74, 6) is 2.19. The van der Waals surface area contributed by atoms with Crippen LogP contribution in [0.1, 0.15) is 31.2 Å². The van der Waals surface area contributed by atoms with E-state index < -0.39 is 0 Å². The molecular formula is C15H19N3. The first-order chi connectivity index (χ1) is 8.60. The van der Waals surface area contributed by atoms with Crippen LogP contribution in [0.4, 0.5) is 5.82 Å². The molecule has 1 aromatic heterocycles. The normalized spacial score (nSPS) is 10.7. The smallest absolute Gasteiger partial charge is 0.130 e. The Balaban J connectivity index is 2.39. The van der Waals surface area contributed by atoms with E-state index in [4.69, 9.17) is 0 Å². The van der Waals surface area contributed by atoms with E-state index in [1.165, 1.54) is 5.56 Å². The summed E-state index contributed by atoms with van der Waals surface area (Å²) in [6.07, 6.45) is 0. The molecule has 0 amide bonds. The van der Waals surface area contributed by atoms with Crippen LogP contribution in [0.2, 0.25) is 0 Å². The minimum Gasteiger partial charge on any atom is -0.373 e. The Bertz CT molecular complexity index is 530. The van der Waals surface area contributed by atoms with Crippen molar-refractivity contribution in [1.82, 2.24) is 9.97 Å². The molecule has 0 fully saturated rings. The van der Waals surface area contributed by atoms with Crippen molar-refractivity contribution < 1.29 is 0 Å². The van der Waals surface area contributed by atoms with Crippen molar-refractivity contribution >= 4 is 5.82 Å². The Morgan fingerprint density at radius 2 is 1.72 bits per heavy atom. The molecule has 3 heteroatoms. The first-order valence-electron chi connectivity index (χ1n) is 6.24. The molecule has 1 aromatic carbocycles. The van der Waals surface area contributed by atoms with Gasteiger partial charge in [0, 0.05) is 18.7 Å². The molecule has 0 unspecified atom stereocenters. The molecule has 1 heterocycles. The zero-order chi connectivity index (χ0) is 13.1. The first-order valence-corrected chi connectivity index (χ1v) is 6.24. The fraction of sp³-hybridized carbons (Fsp3) is 0.333. The summed E-state index contributed by atoms with van der Waals surface area (Å²) in [5, 5.41) is 3.06. The highest BCUT2D eigenvalue weighted by atomic mass is 15.0. The predicted molar refractivity (Wildman–Crippen MR) is 75.8 cm³/mol. The standard InChI is InChI=1S/C15H19N3/c1-10(2)12-5-7-13(8-6-12)14-9-15(16-4)18-11(3)17-14/h5-10H,1-4H3,(H,16,17,18). The molecule has 3 nitrogen and oxygen atoms in total. The van der Waals surface area contributed by atoms with Gasteiger partial charge in [0.15, 0.2) is 0 Å². The van der Waals surface area contributed by atoms with Crippen LogP contribution in [0.25, 0.3) is 11.3 Å². The zero-order valence-electron chi connectivity index (χ0n) is 11.4. The minimum absolute atomic E-state index is 0.555. The highest BCUT2D eigenvalue weighted by Gasteiger charge is 2.05. The maximum absolute atomic E-state index is 4.48. The molecule has 18 heavy (non-hydrogen) atoms.